The Morgan fingerprint density at radius 3 is 2.25 bits per heavy atom. The first kappa shape index (κ1) is 11.3. The summed E-state index contributed by atoms with van der Waals surface area (Å²) in [6.07, 6.45) is 5.21. The Morgan fingerprint density at radius 2 is 1.75 bits per heavy atom. The number of benzene rings is 1. The average molecular weight is 220 g/mol. The van der Waals surface area contributed by atoms with E-state index < -0.39 is 0 Å². The SMILES string of the molecule is CCCC1(COc2ccc(OC)cc2)CC1. The van der Waals surface area contributed by atoms with Crippen LogP contribution in [0.15, 0.2) is 24.3 Å². The minimum atomic E-state index is 0.495. The molecule has 1 aliphatic rings. The zero-order chi connectivity index (χ0) is 11.4. The summed E-state index contributed by atoms with van der Waals surface area (Å²) in [7, 11) is 1.68. The Bertz CT molecular complexity index is 325. The van der Waals surface area contributed by atoms with Gasteiger partial charge in [0.05, 0.1) is 13.7 Å². The van der Waals surface area contributed by atoms with E-state index >= 15 is 0 Å². The third-order valence-corrected chi connectivity index (χ3v) is 3.34. The molecule has 0 bridgehead atoms. The molecule has 1 fully saturated rings. The summed E-state index contributed by atoms with van der Waals surface area (Å²) in [5.41, 5.74) is 0.495. The number of hydrogen-bond donors (Lipinski definition) is 0. The van der Waals surface area contributed by atoms with Crippen LogP contribution in [0.4, 0.5) is 0 Å². The van der Waals surface area contributed by atoms with E-state index in [9.17, 15) is 0 Å². The highest BCUT2D eigenvalue weighted by molar-refractivity contribution is 5.31. The van der Waals surface area contributed by atoms with Gasteiger partial charge >= 0.3 is 0 Å². The molecule has 0 heterocycles. The Kier molecular flexibility index (Phi) is 3.37. The van der Waals surface area contributed by atoms with E-state index in [1.807, 2.05) is 24.3 Å². The van der Waals surface area contributed by atoms with Gasteiger partial charge in [0.25, 0.3) is 0 Å². The van der Waals surface area contributed by atoms with Crippen LogP contribution in [0, 0.1) is 5.41 Å². The highest BCUT2D eigenvalue weighted by Crippen LogP contribution is 2.49. The predicted octanol–water partition coefficient (Wildman–Crippen LogP) is 3.65. The molecule has 1 saturated carbocycles. The molecule has 2 nitrogen and oxygen atoms in total. The Hall–Kier alpha value is -1.18. The molecule has 0 spiro atoms. The van der Waals surface area contributed by atoms with Gasteiger partial charge in [-0.1, -0.05) is 13.3 Å². The lowest BCUT2D eigenvalue weighted by Gasteiger charge is -2.15. The van der Waals surface area contributed by atoms with Crippen LogP contribution < -0.4 is 9.47 Å². The summed E-state index contributed by atoms with van der Waals surface area (Å²) in [6, 6.07) is 7.82. The second-order valence-electron chi connectivity index (χ2n) is 4.71. The zero-order valence-corrected chi connectivity index (χ0v) is 10.2. The van der Waals surface area contributed by atoms with Crippen molar-refractivity contribution in [3.8, 4) is 11.5 Å². The number of ether oxygens (including phenoxy) is 2. The van der Waals surface area contributed by atoms with Crippen molar-refractivity contribution in [3.63, 3.8) is 0 Å². The Balaban J connectivity index is 1.85. The van der Waals surface area contributed by atoms with Crippen LogP contribution in [0.5, 0.6) is 11.5 Å². The van der Waals surface area contributed by atoms with Crippen LogP contribution in [-0.2, 0) is 0 Å². The van der Waals surface area contributed by atoms with Gasteiger partial charge in [0, 0.05) is 5.41 Å². The van der Waals surface area contributed by atoms with Gasteiger partial charge in [-0.2, -0.15) is 0 Å². The molecule has 16 heavy (non-hydrogen) atoms. The molecule has 1 aromatic rings. The summed E-state index contributed by atoms with van der Waals surface area (Å²) in [4.78, 5) is 0. The fraction of sp³-hybridized carbons (Fsp3) is 0.571. The highest BCUT2D eigenvalue weighted by atomic mass is 16.5. The van der Waals surface area contributed by atoms with Gasteiger partial charge in [-0.15, -0.1) is 0 Å². The molecule has 0 unspecified atom stereocenters. The van der Waals surface area contributed by atoms with E-state index in [0.29, 0.717) is 5.41 Å². The molecule has 0 aliphatic heterocycles. The van der Waals surface area contributed by atoms with Gasteiger partial charge in [-0.25, -0.2) is 0 Å². The second-order valence-corrected chi connectivity index (χ2v) is 4.71. The maximum atomic E-state index is 5.83. The number of rotatable bonds is 6. The van der Waals surface area contributed by atoms with E-state index in [1.165, 1.54) is 25.7 Å². The Labute approximate surface area is 97.6 Å². The van der Waals surface area contributed by atoms with E-state index in [2.05, 4.69) is 6.92 Å². The van der Waals surface area contributed by atoms with Crippen molar-refractivity contribution in [2.45, 2.75) is 32.6 Å². The Morgan fingerprint density at radius 1 is 1.12 bits per heavy atom. The molecule has 0 saturated heterocycles. The van der Waals surface area contributed by atoms with Gasteiger partial charge in [0.15, 0.2) is 0 Å². The molecular weight excluding hydrogens is 200 g/mol. The number of hydrogen-bond acceptors (Lipinski definition) is 2. The standard InChI is InChI=1S/C14H20O2/c1-3-8-14(9-10-14)11-16-13-6-4-12(15-2)5-7-13/h4-7H,3,8-11H2,1-2H3. The lowest BCUT2D eigenvalue weighted by Crippen LogP contribution is -2.12. The monoisotopic (exact) mass is 220 g/mol. The smallest absolute Gasteiger partial charge is 0.119 e. The number of methoxy groups -OCH3 is 1. The quantitative estimate of drug-likeness (QED) is 0.728. The van der Waals surface area contributed by atoms with Crippen molar-refractivity contribution in [1.29, 1.82) is 0 Å². The van der Waals surface area contributed by atoms with Crippen LogP contribution in [-0.4, -0.2) is 13.7 Å². The summed E-state index contributed by atoms with van der Waals surface area (Å²) < 4.78 is 10.9. The topological polar surface area (TPSA) is 18.5 Å². The van der Waals surface area contributed by atoms with Crippen LogP contribution >= 0.6 is 0 Å². The van der Waals surface area contributed by atoms with Crippen molar-refractivity contribution in [1.82, 2.24) is 0 Å². The minimum absolute atomic E-state index is 0.495. The van der Waals surface area contributed by atoms with Crippen LogP contribution in [0.3, 0.4) is 0 Å². The van der Waals surface area contributed by atoms with Gasteiger partial charge < -0.3 is 9.47 Å². The van der Waals surface area contributed by atoms with Crippen molar-refractivity contribution >= 4 is 0 Å². The van der Waals surface area contributed by atoms with Gasteiger partial charge in [-0.3, -0.25) is 0 Å². The lowest BCUT2D eigenvalue weighted by molar-refractivity contribution is 0.223. The maximum absolute atomic E-state index is 5.83. The molecule has 0 N–H and O–H groups in total. The average Bonchev–Trinajstić information content (AvgIpc) is 3.08. The summed E-state index contributed by atoms with van der Waals surface area (Å²) in [6.45, 7) is 3.11. The third kappa shape index (κ3) is 2.69. The largest absolute Gasteiger partial charge is 0.497 e. The van der Waals surface area contributed by atoms with Crippen LogP contribution in [0.2, 0.25) is 0 Å². The molecule has 0 aromatic heterocycles. The molecule has 0 radical (unpaired) electrons. The van der Waals surface area contributed by atoms with Crippen molar-refractivity contribution in [2.24, 2.45) is 5.41 Å². The zero-order valence-electron chi connectivity index (χ0n) is 10.2. The summed E-state index contributed by atoms with van der Waals surface area (Å²) >= 11 is 0. The normalized spacial score (nSPS) is 16.9. The molecule has 1 aliphatic carbocycles. The lowest BCUT2D eigenvalue weighted by atomic mass is 10.0. The van der Waals surface area contributed by atoms with E-state index in [1.54, 1.807) is 7.11 Å². The van der Waals surface area contributed by atoms with Crippen molar-refractivity contribution in [2.75, 3.05) is 13.7 Å². The van der Waals surface area contributed by atoms with Crippen molar-refractivity contribution in [3.05, 3.63) is 24.3 Å². The van der Waals surface area contributed by atoms with Crippen molar-refractivity contribution < 1.29 is 9.47 Å². The molecule has 2 heteroatoms. The van der Waals surface area contributed by atoms with Gasteiger partial charge in [-0.05, 0) is 43.5 Å². The van der Waals surface area contributed by atoms with E-state index in [0.717, 1.165) is 18.1 Å². The van der Waals surface area contributed by atoms with Crippen LogP contribution in [0.25, 0.3) is 0 Å². The van der Waals surface area contributed by atoms with E-state index in [4.69, 9.17) is 9.47 Å². The van der Waals surface area contributed by atoms with Gasteiger partial charge in [0.1, 0.15) is 11.5 Å². The fourth-order valence-electron chi connectivity index (χ4n) is 2.08. The first-order valence-corrected chi connectivity index (χ1v) is 6.05. The molecule has 0 amide bonds. The second kappa shape index (κ2) is 4.77. The highest BCUT2D eigenvalue weighted by Gasteiger charge is 2.42. The summed E-state index contributed by atoms with van der Waals surface area (Å²) in [5, 5.41) is 0. The molecule has 88 valence electrons. The first-order valence-electron chi connectivity index (χ1n) is 6.05. The van der Waals surface area contributed by atoms with Gasteiger partial charge in [0.2, 0.25) is 0 Å². The van der Waals surface area contributed by atoms with Crippen LogP contribution in [0.1, 0.15) is 32.6 Å². The summed E-state index contributed by atoms with van der Waals surface area (Å²) in [5.74, 6) is 1.82. The maximum Gasteiger partial charge on any atom is 0.119 e. The fourth-order valence-corrected chi connectivity index (χ4v) is 2.08. The molecule has 1 aromatic carbocycles. The molecule has 0 atom stereocenters. The minimum Gasteiger partial charge on any atom is -0.497 e. The third-order valence-electron chi connectivity index (χ3n) is 3.34. The predicted molar refractivity (Wildman–Crippen MR) is 65.1 cm³/mol. The molecular formula is C14H20O2. The first-order chi connectivity index (χ1) is 7.78. The molecule has 2 rings (SSSR count). The van der Waals surface area contributed by atoms with E-state index in [-0.39, 0.29) is 0 Å².